The minimum Gasteiger partial charge on any atom is -0.454 e. The van der Waals surface area contributed by atoms with Crippen LogP contribution in [0.3, 0.4) is 0 Å². The maximum Gasteiger partial charge on any atom is 0.258 e. The molecule has 2 N–H and O–H groups in total. The summed E-state index contributed by atoms with van der Waals surface area (Å²) in [5.74, 6) is 0.951. The molecule has 0 radical (unpaired) electrons. The van der Waals surface area contributed by atoms with Crippen LogP contribution >= 0.6 is 0 Å². The summed E-state index contributed by atoms with van der Waals surface area (Å²) in [5.41, 5.74) is 7.95. The Balaban J connectivity index is 1.90. The molecule has 8 nitrogen and oxygen atoms in total. The number of nitrogens with two attached hydrogens (primary N) is 1. The van der Waals surface area contributed by atoms with Crippen LogP contribution in [-0.4, -0.2) is 36.9 Å². The molecule has 0 bridgehead atoms. The van der Waals surface area contributed by atoms with Crippen molar-refractivity contribution >= 4 is 0 Å². The third-order valence-corrected chi connectivity index (χ3v) is 5.19. The van der Waals surface area contributed by atoms with Gasteiger partial charge in [-0.15, -0.1) is 0 Å². The van der Waals surface area contributed by atoms with Gasteiger partial charge in [0.15, 0.2) is 11.5 Å². The van der Waals surface area contributed by atoms with Crippen LogP contribution in [0.5, 0.6) is 17.2 Å². The summed E-state index contributed by atoms with van der Waals surface area (Å²) in [6.45, 7) is 3.23. The molecule has 1 aromatic heterocycles. The average molecular weight is 394 g/mol. The van der Waals surface area contributed by atoms with E-state index in [9.17, 15) is 10.1 Å². The summed E-state index contributed by atoms with van der Waals surface area (Å²) < 4.78 is 18.2. The standard InChI is InChI=1S/C21H22N4O4/c1-12-8-17-19(21(26)25(12)7-6-24(2)3)18(14(10-22)20(23)29-17)13-4-5-15-16(9-13)28-11-27-15/h4-5,8-9,18H,6-7,11,23H2,1-3H3/t18-/m1/s1. The fraction of sp³-hybridized carbons (Fsp3) is 0.333. The molecule has 2 aromatic rings. The molecule has 4 rings (SSSR count). The highest BCUT2D eigenvalue weighted by Crippen LogP contribution is 2.43. The lowest BCUT2D eigenvalue weighted by Crippen LogP contribution is -2.34. The Morgan fingerprint density at radius 2 is 2.00 bits per heavy atom. The third-order valence-electron chi connectivity index (χ3n) is 5.19. The first kappa shape index (κ1) is 18.9. The zero-order chi connectivity index (χ0) is 20.7. The molecular weight excluding hydrogens is 372 g/mol. The number of hydrogen-bond donors (Lipinski definition) is 1. The van der Waals surface area contributed by atoms with Crippen molar-refractivity contribution in [2.45, 2.75) is 19.4 Å². The highest BCUT2D eigenvalue weighted by molar-refractivity contribution is 5.57. The molecule has 2 aliphatic heterocycles. The van der Waals surface area contributed by atoms with E-state index in [1.54, 1.807) is 22.8 Å². The van der Waals surface area contributed by atoms with E-state index >= 15 is 0 Å². The van der Waals surface area contributed by atoms with Crippen molar-refractivity contribution < 1.29 is 14.2 Å². The average Bonchev–Trinajstić information content (AvgIpc) is 3.14. The lowest BCUT2D eigenvalue weighted by Gasteiger charge is -2.27. The molecule has 1 aromatic carbocycles. The van der Waals surface area contributed by atoms with Crippen LogP contribution in [0.1, 0.15) is 22.7 Å². The van der Waals surface area contributed by atoms with Crippen molar-refractivity contribution in [2.24, 2.45) is 5.73 Å². The van der Waals surface area contributed by atoms with E-state index in [-0.39, 0.29) is 23.8 Å². The van der Waals surface area contributed by atoms with E-state index in [2.05, 4.69) is 6.07 Å². The van der Waals surface area contributed by atoms with Gasteiger partial charge in [0.25, 0.3) is 5.56 Å². The fourth-order valence-electron chi connectivity index (χ4n) is 3.69. The first-order chi connectivity index (χ1) is 13.9. The quantitative estimate of drug-likeness (QED) is 0.841. The van der Waals surface area contributed by atoms with Crippen molar-refractivity contribution in [3.05, 3.63) is 62.9 Å². The van der Waals surface area contributed by atoms with Crippen LogP contribution in [0, 0.1) is 18.3 Å². The summed E-state index contributed by atoms with van der Waals surface area (Å²) in [6.07, 6.45) is 0. The lowest BCUT2D eigenvalue weighted by atomic mass is 9.84. The summed E-state index contributed by atoms with van der Waals surface area (Å²) in [4.78, 5) is 15.5. The Hall–Kier alpha value is -3.44. The van der Waals surface area contributed by atoms with E-state index in [0.29, 0.717) is 35.9 Å². The van der Waals surface area contributed by atoms with E-state index in [4.69, 9.17) is 19.9 Å². The van der Waals surface area contributed by atoms with Crippen LogP contribution in [0.15, 0.2) is 40.5 Å². The number of nitrogens with zero attached hydrogens (tertiary/aromatic N) is 3. The molecule has 3 heterocycles. The number of aromatic nitrogens is 1. The second-order valence-corrected chi connectivity index (χ2v) is 7.36. The van der Waals surface area contributed by atoms with Crippen LogP contribution in [0.2, 0.25) is 0 Å². The van der Waals surface area contributed by atoms with E-state index in [1.807, 2.05) is 32.0 Å². The third kappa shape index (κ3) is 3.19. The molecule has 150 valence electrons. The Kier molecular flexibility index (Phi) is 4.68. The molecule has 0 unspecified atom stereocenters. The molecule has 0 amide bonds. The van der Waals surface area contributed by atoms with Gasteiger partial charge in [-0.2, -0.15) is 5.26 Å². The van der Waals surface area contributed by atoms with Gasteiger partial charge in [-0.3, -0.25) is 4.79 Å². The number of allylic oxidation sites excluding steroid dienone is 1. The molecule has 1 atom stereocenters. The first-order valence-electron chi connectivity index (χ1n) is 9.27. The van der Waals surface area contributed by atoms with E-state index < -0.39 is 5.92 Å². The van der Waals surface area contributed by atoms with Crippen LogP contribution in [-0.2, 0) is 6.54 Å². The number of benzene rings is 1. The fourth-order valence-corrected chi connectivity index (χ4v) is 3.69. The van der Waals surface area contributed by atoms with Crippen molar-refractivity contribution in [1.29, 1.82) is 5.26 Å². The minimum absolute atomic E-state index is 0.00695. The SMILES string of the molecule is Cc1cc2c(c(=O)n1CCN(C)C)[C@H](c1ccc3c(c1)OCO3)C(C#N)=C(N)O2. The van der Waals surface area contributed by atoms with Crippen LogP contribution in [0.4, 0.5) is 0 Å². The molecule has 8 heteroatoms. The van der Waals surface area contributed by atoms with Crippen molar-refractivity contribution in [1.82, 2.24) is 9.47 Å². The number of hydrogen-bond acceptors (Lipinski definition) is 7. The van der Waals surface area contributed by atoms with Gasteiger partial charge < -0.3 is 29.4 Å². The second kappa shape index (κ2) is 7.18. The maximum absolute atomic E-state index is 13.5. The van der Waals surface area contributed by atoms with Gasteiger partial charge in [-0.1, -0.05) is 6.07 Å². The van der Waals surface area contributed by atoms with Gasteiger partial charge >= 0.3 is 0 Å². The highest BCUT2D eigenvalue weighted by atomic mass is 16.7. The zero-order valence-electron chi connectivity index (χ0n) is 16.6. The summed E-state index contributed by atoms with van der Waals surface area (Å²) in [6, 6.07) is 9.31. The smallest absolute Gasteiger partial charge is 0.258 e. The van der Waals surface area contributed by atoms with Crippen molar-refractivity contribution in [3.8, 4) is 23.3 Å². The van der Waals surface area contributed by atoms with Crippen molar-refractivity contribution in [2.75, 3.05) is 27.4 Å². The van der Waals surface area contributed by atoms with Crippen molar-refractivity contribution in [3.63, 3.8) is 0 Å². The number of likely N-dealkylation sites (N-methyl/N-ethyl adjacent to an activating group) is 1. The maximum atomic E-state index is 13.5. The Morgan fingerprint density at radius 3 is 2.72 bits per heavy atom. The topological polar surface area (TPSA) is 103 Å². The summed E-state index contributed by atoms with van der Waals surface area (Å²) in [7, 11) is 3.91. The number of fused-ring (bicyclic) bond motifs is 2. The molecule has 0 aliphatic carbocycles. The second-order valence-electron chi connectivity index (χ2n) is 7.36. The van der Waals surface area contributed by atoms with Gasteiger partial charge in [0.2, 0.25) is 12.7 Å². The first-order valence-corrected chi connectivity index (χ1v) is 9.27. The normalized spacial score (nSPS) is 17.1. The number of pyridine rings is 1. The Bertz CT molecular complexity index is 1110. The highest BCUT2D eigenvalue weighted by Gasteiger charge is 2.35. The molecule has 29 heavy (non-hydrogen) atoms. The molecular formula is C21H22N4O4. The molecule has 2 aliphatic rings. The number of ether oxygens (including phenoxy) is 3. The number of rotatable bonds is 4. The number of aryl methyl sites for hydroxylation is 1. The van der Waals surface area contributed by atoms with Gasteiger partial charge in [0.1, 0.15) is 17.4 Å². The Labute approximate surface area is 168 Å². The molecule has 0 spiro atoms. The van der Waals surface area contributed by atoms with Gasteiger partial charge in [-0.05, 0) is 38.7 Å². The zero-order valence-corrected chi connectivity index (χ0v) is 16.6. The lowest BCUT2D eigenvalue weighted by molar-refractivity contribution is 0.174. The Morgan fingerprint density at radius 1 is 1.24 bits per heavy atom. The number of nitriles is 1. The van der Waals surface area contributed by atoms with Gasteiger partial charge in [-0.25, -0.2) is 0 Å². The summed E-state index contributed by atoms with van der Waals surface area (Å²) in [5, 5.41) is 9.76. The van der Waals surface area contributed by atoms with E-state index in [1.165, 1.54) is 0 Å². The van der Waals surface area contributed by atoms with Gasteiger partial charge in [0.05, 0.1) is 11.5 Å². The van der Waals surface area contributed by atoms with Crippen LogP contribution < -0.4 is 25.5 Å². The molecule has 0 saturated heterocycles. The largest absolute Gasteiger partial charge is 0.454 e. The predicted molar refractivity (Wildman–Crippen MR) is 106 cm³/mol. The molecule has 0 fully saturated rings. The predicted octanol–water partition coefficient (Wildman–Crippen LogP) is 1.67. The monoisotopic (exact) mass is 394 g/mol. The summed E-state index contributed by atoms with van der Waals surface area (Å²) >= 11 is 0. The van der Waals surface area contributed by atoms with E-state index in [0.717, 1.165) is 11.3 Å². The molecule has 0 saturated carbocycles. The van der Waals surface area contributed by atoms with Gasteiger partial charge in [0, 0.05) is 24.8 Å². The van der Waals surface area contributed by atoms with Crippen LogP contribution in [0.25, 0.3) is 0 Å². The minimum atomic E-state index is -0.642.